The van der Waals surface area contributed by atoms with Crippen LogP contribution in [0.15, 0.2) is 84.1 Å². The number of anilines is 1. The molecule has 0 bridgehead atoms. The minimum Gasteiger partial charge on any atom is -0.480 e. The van der Waals surface area contributed by atoms with Crippen molar-refractivity contribution in [3.63, 3.8) is 0 Å². The minimum absolute atomic E-state index is 0.0447. The number of hydrogen-bond acceptors (Lipinski definition) is 10. The van der Waals surface area contributed by atoms with E-state index >= 15 is 0 Å². The van der Waals surface area contributed by atoms with Crippen molar-refractivity contribution in [1.29, 1.82) is 0 Å². The Balaban J connectivity index is 1.45. The number of nitrogens with zero attached hydrogens (tertiary/aromatic N) is 3. The summed E-state index contributed by atoms with van der Waals surface area (Å²) in [6.45, 7) is 0.0855. The number of carbonyl (C=O) groups excluding carboxylic acids is 1. The maximum absolute atomic E-state index is 14.3. The fourth-order valence-electron chi connectivity index (χ4n) is 4.29. The van der Waals surface area contributed by atoms with Gasteiger partial charge in [-0.3, -0.25) is 14.7 Å². The van der Waals surface area contributed by atoms with E-state index in [0.29, 0.717) is 34.2 Å². The number of benzene rings is 2. The van der Waals surface area contributed by atoms with Crippen LogP contribution in [0.4, 0.5) is 19.3 Å². The van der Waals surface area contributed by atoms with Gasteiger partial charge in [0.05, 0.1) is 18.3 Å². The van der Waals surface area contributed by atoms with Crippen LogP contribution in [0.3, 0.4) is 0 Å². The van der Waals surface area contributed by atoms with Crippen LogP contribution >= 0.6 is 12.6 Å². The highest BCUT2D eigenvalue weighted by atomic mass is 32.2. The van der Waals surface area contributed by atoms with Crippen LogP contribution in [0.1, 0.15) is 5.69 Å². The van der Waals surface area contributed by atoms with E-state index in [2.05, 4.69) is 32.3 Å². The second-order valence-corrected chi connectivity index (χ2v) is 11.3. The molecule has 1 N–H and O–H groups in total. The molecule has 5 rings (SSSR count). The van der Waals surface area contributed by atoms with Gasteiger partial charge in [-0.1, -0.05) is 12.1 Å². The smallest absolute Gasteiger partial charge is 0.480 e. The predicted octanol–water partition coefficient (Wildman–Crippen LogP) is 6.03. The van der Waals surface area contributed by atoms with Crippen molar-refractivity contribution in [2.75, 3.05) is 24.2 Å². The first-order valence-corrected chi connectivity index (χ1v) is 15.1. The highest BCUT2D eigenvalue weighted by Gasteiger charge is 2.22. The van der Waals surface area contributed by atoms with Gasteiger partial charge in [-0.2, -0.15) is 12.6 Å². The molecule has 14 heteroatoms. The van der Waals surface area contributed by atoms with E-state index < -0.39 is 32.7 Å². The first-order valence-electron chi connectivity index (χ1n) is 13.0. The van der Waals surface area contributed by atoms with Gasteiger partial charge < -0.3 is 14.2 Å². The maximum Gasteiger partial charge on any atom is 0.508 e. The van der Waals surface area contributed by atoms with Gasteiger partial charge in [-0.15, -0.1) is 0 Å². The molecule has 226 valence electrons. The summed E-state index contributed by atoms with van der Waals surface area (Å²) in [5, 5.41) is 0.775. The molecule has 0 amide bonds. The zero-order chi connectivity index (χ0) is 31.3. The molecule has 0 radical (unpaired) electrons. The van der Waals surface area contributed by atoms with Crippen LogP contribution in [0, 0.1) is 11.6 Å². The number of thiol groups is 1. The van der Waals surface area contributed by atoms with Gasteiger partial charge in [-0.05, 0) is 53.6 Å². The standard InChI is InChI=1S/C30H24F2N4O6S2/c1-40-29-27(36-44(38,39)28-7-4-21(31)14-25(28)32)13-20(16-35-29)18-3-6-26-24(12-18)23(8-9-33-26)19-2-5-22(34-15-19)17-42-30(37)41-10-11-43/h2-9,12-16,36,43H,10-11,17H2,1H3. The molecule has 0 fully saturated rings. The van der Waals surface area contributed by atoms with E-state index in [0.717, 1.165) is 28.6 Å². The van der Waals surface area contributed by atoms with E-state index in [1.807, 2.05) is 24.3 Å². The fourth-order valence-corrected chi connectivity index (χ4v) is 5.49. The van der Waals surface area contributed by atoms with Crippen molar-refractivity contribution in [2.24, 2.45) is 0 Å². The quantitative estimate of drug-likeness (QED) is 0.139. The summed E-state index contributed by atoms with van der Waals surface area (Å²) < 4.78 is 71.0. The van der Waals surface area contributed by atoms with Crippen LogP contribution < -0.4 is 9.46 Å². The summed E-state index contributed by atoms with van der Waals surface area (Å²) in [5.74, 6) is -1.81. The van der Waals surface area contributed by atoms with Crippen LogP contribution in [0.2, 0.25) is 0 Å². The van der Waals surface area contributed by atoms with Gasteiger partial charge in [0.2, 0.25) is 5.88 Å². The average molecular weight is 639 g/mol. The molecule has 0 aliphatic heterocycles. The molecular weight excluding hydrogens is 614 g/mol. The Hall–Kier alpha value is -4.82. The lowest BCUT2D eigenvalue weighted by Crippen LogP contribution is -2.15. The summed E-state index contributed by atoms with van der Waals surface area (Å²) in [6.07, 6.45) is 4.02. The SMILES string of the molecule is COc1ncc(-c2ccc3nccc(-c4ccc(COC(=O)OCCS)nc4)c3c2)cc1NS(=O)(=O)c1ccc(F)cc1F. The summed E-state index contributed by atoms with van der Waals surface area (Å²) in [4.78, 5) is 23.9. The van der Waals surface area contributed by atoms with Crippen LogP contribution in [-0.4, -0.2) is 49.0 Å². The Labute approximate surface area is 256 Å². The van der Waals surface area contributed by atoms with E-state index in [-0.39, 0.29) is 24.8 Å². The average Bonchev–Trinajstić information content (AvgIpc) is 3.02. The molecule has 2 aromatic carbocycles. The Morgan fingerprint density at radius 2 is 1.70 bits per heavy atom. The fraction of sp³-hybridized carbons (Fsp3) is 0.133. The Kier molecular flexibility index (Phi) is 9.20. The topological polar surface area (TPSA) is 130 Å². The number of hydrogen-bond donors (Lipinski definition) is 2. The van der Waals surface area contributed by atoms with Crippen LogP contribution in [0.25, 0.3) is 33.2 Å². The molecule has 10 nitrogen and oxygen atoms in total. The molecule has 3 aromatic heterocycles. The zero-order valence-corrected chi connectivity index (χ0v) is 24.7. The van der Waals surface area contributed by atoms with Crippen molar-refractivity contribution in [1.82, 2.24) is 15.0 Å². The third kappa shape index (κ3) is 6.87. The zero-order valence-electron chi connectivity index (χ0n) is 23.0. The summed E-state index contributed by atoms with van der Waals surface area (Å²) in [6, 6.07) is 14.5. The van der Waals surface area contributed by atoms with Crippen molar-refractivity contribution in [2.45, 2.75) is 11.5 Å². The number of nitrogens with one attached hydrogen (secondary N) is 1. The van der Waals surface area contributed by atoms with Gasteiger partial charge in [0.1, 0.15) is 35.4 Å². The number of halogens is 2. The van der Waals surface area contributed by atoms with E-state index in [9.17, 15) is 22.0 Å². The molecule has 0 spiro atoms. The second-order valence-electron chi connectivity index (χ2n) is 9.20. The largest absolute Gasteiger partial charge is 0.508 e. The lowest BCUT2D eigenvalue weighted by molar-refractivity contribution is 0.0535. The lowest BCUT2D eigenvalue weighted by Gasteiger charge is -2.14. The second kappa shape index (κ2) is 13.2. The van der Waals surface area contributed by atoms with E-state index in [4.69, 9.17) is 14.2 Å². The monoisotopic (exact) mass is 638 g/mol. The highest BCUT2D eigenvalue weighted by Crippen LogP contribution is 2.34. The van der Waals surface area contributed by atoms with Crippen molar-refractivity contribution >= 4 is 45.4 Å². The number of carbonyl (C=O) groups is 1. The molecule has 0 saturated carbocycles. The summed E-state index contributed by atoms with van der Waals surface area (Å²) >= 11 is 3.97. The number of ether oxygens (including phenoxy) is 3. The number of pyridine rings is 3. The number of methoxy groups -OCH3 is 1. The molecule has 0 atom stereocenters. The third-order valence-electron chi connectivity index (χ3n) is 6.33. The Bertz CT molecular complexity index is 1940. The number of rotatable bonds is 10. The number of fused-ring (bicyclic) bond motifs is 1. The first kappa shape index (κ1) is 30.6. The third-order valence-corrected chi connectivity index (χ3v) is 7.91. The van der Waals surface area contributed by atoms with Gasteiger partial charge in [0.25, 0.3) is 10.0 Å². The van der Waals surface area contributed by atoms with Crippen molar-refractivity contribution in [3.8, 4) is 28.1 Å². The van der Waals surface area contributed by atoms with Crippen molar-refractivity contribution in [3.05, 3.63) is 96.6 Å². The van der Waals surface area contributed by atoms with Gasteiger partial charge >= 0.3 is 6.16 Å². The van der Waals surface area contributed by atoms with Gasteiger partial charge in [0.15, 0.2) is 0 Å². The van der Waals surface area contributed by atoms with Crippen LogP contribution in [0.5, 0.6) is 5.88 Å². The van der Waals surface area contributed by atoms with E-state index in [1.165, 1.54) is 19.4 Å². The number of sulfonamides is 1. The maximum atomic E-state index is 14.3. The van der Waals surface area contributed by atoms with Crippen LogP contribution in [-0.2, 0) is 26.1 Å². The van der Waals surface area contributed by atoms with E-state index in [1.54, 1.807) is 24.5 Å². The Morgan fingerprint density at radius 1 is 0.909 bits per heavy atom. The number of aromatic nitrogens is 3. The summed E-state index contributed by atoms with van der Waals surface area (Å²) in [7, 11) is -3.14. The Morgan fingerprint density at radius 3 is 2.43 bits per heavy atom. The minimum atomic E-state index is -4.45. The molecule has 5 aromatic rings. The molecule has 0 aliphatic rings. The molecule has 3 heterocycles. The lowest BCUT2D eigenvalue weighted by atomic mass is 9.98. The van der Waals surface area contributed by atoms with Gasteiger partial charge in [-0.25, -0.2) is 27.0 Å². The van der Waals surface area contributed by atoms with Crippen molar-refractivity contribution < 1.29 is 36.2 Å². The highest BCUT2D eigenvalue weighted by molar-refractivity contribution is 7.92. The molecule has 0 aliphatic carbocycles. The predicted molar refractivity (Wildman–Crippen MR) is 162 cm³/mol. The first-order chi connectivity index (χ1) is 21.2. The summed E-state index contributed by atoms with van der Waals surface area (Å²) in [5.41, 5.74) is 3.97. The molecule has 0 unspecified atom stereocenters. The molecule has 0 saturated heterocycles. The molecule has 44 heavy (non-hydrogen) atoms. The van der Waals surface area contributed by atoms with Gasteiger partial charge in [0, 0.05) is 46.9 Å². The molecular formula is C30H24F2N4O6S2. The normalized spacial score (nSPS) is 11.3.